The molecule has 1 rings (SSSR count). The number of thioether (sulfide) groups is 1. The molecule has 0 aliphatic carbocycles. The fraction of sp³-hybridized carbons (Fsp3) is 0.286. The van der Waals surface area contributed by atoms with Crippen molar-refractivity contribution < 1.29 is 0 Å². The van der Waals surface area contributed by atoms with Crippen LogP contribution in [-0.4, -0.2) is 24.1 Å². The molecule has 0 saturated carbocycles. The Morgan fingerprint density at radius 3 is 2.52 bits per heavy atom. The maximum atomic E-state index is 4.50. The van der Waals surface area contributed by atoms with Crippen molar-refractivity contribution in [2.75, 3.05) is 7.05 Å². The van der Waals surface area contributed by atoms with Crippen LogP contribution in [0.4, 0.5) is 0 Å². The molecule has 0 saturated heterocycles. The van der Waals surface area contributed by atoms with Gasteiger partial charge < -0.3 is 0 Å². The topological polar surface area (TPSA) is 37.1 Å². The van der Waals surface area contributed by atoms with Crippen molar-refractivity contribution in [2.45, 2.75) is 34.6 Å². The molecule has 0 aliphatic rings. The van der Waals surface area contributed by atoms with Crippen LogP contribution < -0.4 is 0 Å². The molecule has 0 aliphatic heterocycles. The van der Waals surface area contributed by atoms with E-state index in [0.29, 0.717) is 0 Å². The van der Waals surface area contributed by atoms with E-state index in [2.05, 4.69) is 59.9 Å². The largest absolute Gasteiger partial charge is 0.270 e. The molecular formula is C21H27N3S. The van der Waals surface area contributed by atoms with E-state index in [0.717, 1.165) is 27.7 Å². The van der Waals surface area contributed by atoms with E-state index in [1.807, 2.05) is 32.1 Å². The SMILES string of the molecule is C=C(/C=C\c1cc(C(/N=C\C)=N/C)ccc1C)/N=C(/C)SC=C(C)C. The van der Waals surface area contributed by atoms with E-state index >= 15 is 0 Å². The molecule has 3 nitrogen and oxygen atoms in total. The first-order chi connectivity index (χ1) is 11.9. The number of hydrogen-bond acceptors (Lipinski definition) is 3. The second kappa shape index (κ2) is 10.6. The highest BCUT2D eigenvalue weighted by Crippen LogP contribution is 2.16. The number of nitrogens with zero attached hydrogens (tertiary/aromatic N) is 3. The Morgan fingerprint density at radius 2 is 1.92 bits per heavy atom. The summed E-state index contributed by atoms with van der Waals surface area (Å²) in [6.45, 7) is 14.1. The lowest BCUT2D eigenvalue weighted by Gasteiger charge is -2.05. The molecule has 0 N–H and O–H groups in total. The molecule has 4 heteroatoms. The Hall–Kier alpha value is -2.20. The van der Waals surface area contributed by atoms with Gasteiger partial charge in [-0.1, -0.05) is 42.1 Å². The molecule has 0 unspecified atom stereocenters. The van der Waals surface area contributed by atoms with Gasteiger partial charge in [0.1, 0.15) is 0 Å². The predicted octanol–water partition coefficient (Wildman–Crippen LogP) is 6.06. The number of hydrogen-bond donors (Lipinski definition) is 0. The van der Waals surface area contributed by atoms with Crippen molar-refractivity contribution in [3.8, 4) is 0 Å². The lowest BCUT2D eigenvalue weighted by molar-refractivity contribution is 1.37. The number of benzene rings is 1. The molecular weight excluding hydrogens is 326 g/mol. The minimum Gasteiger partial charge on any atom is -0.270 e. The quantitative estimate of drug-likeness (QED) is 0.360. The van der Waals surface area contributed by atoms with E-state index in [4.69, 9.17) is 0 Å². The van der Waals surface area contributed by atoms with Crippen LogP contribution in [0.2, 0.25) is 0 Å². The summed E-state index contributed by atoms with van der Waals surface area (Å²) >= 11 is 1.61. The summed E-state index contributed by atoms with van der Waals surface area (Å²) in [5.41, 5.74) is 5.28. The maximum Gasteiger partial charge on any atom is 0.153 e. The fourth-order valence-electron chi connectivity index (χ4n) is 2.00. The summed E-state index contributed by atoms with van der Waals surface area (Å²) in [7, 11) is 1.75. The lowest BCUT2D eigenvalue weighted by Crippen LogP contribution is -1.98. The predicted molar refractivity (Wildman–Crippen MR) is 116 cm³/mol. The summed E-state index contributed by atoms with van der Waals surface area (Å²) in [5, 5.41) is 3.06. The van der Waals surface area contributed by atoms with Gasteiger partial charge in [-0.05, 0) is 63.3 Å². The third kappa shape index (κ3) is 7.48. The van der Waals surface area contributed by atoms with Gasteiger partial charge in [0.2, 0.25) is 0 Å². The number of aryl methyl sites for hydroxylation is 1. The molecule has 0 aromatic heterocycles. The molecule has 25 heavy (non-hydrogen) atoms. The molecule has 0 fully saturated rings. The normalized spacial score (nSPS) is 12.9. The van der Waals surface area contributed by atoms with E-state index in [-0.39, 0.29) is 0 Å². The van der Waals surface area contributed by atoms with Gasteiger partial charge in [0.15, 0.2) is 5.84 Å². The average Bonchev–Trinajstić information content (AvgIpc) is 2.57. The number of amidine groups is 1. The monoisotopic (exact) mass is 353 g/mol. The Labute approximate surface area is 156 Å². The second-order valence-electron chi connectivity index (χ2n) is 5.77. The van der Waals surface area contributed by atoms with Crippen molar-refractivity contribution >= 4 is 34.9 Å². The van der Waals surface area contributed by atoms with Crippen molar-refractivity contribution in [1.82, 2.24) is 0 Å². The summed E-state index contributed by atoms with van der Waals surface area (Å²) in [5.74, 6) is 0.725. The van der Waals surface area contributed by atoms with Crippen molar-refractivity contribution in [3.63, 3.8) is 0 Å². The van der Waals surface area contributed by atoms with Crippen LogP contribution in [-0.2, 0) is 0 Å². The van der Waals surface area contributed by atoms with Gasteiger partial charge in [0.05, 0.1) is 10.7 Å². The van der Waals surface area contributed by atoms with Gasteiger partial charge in [-0.25, -0.2) is 9.98 Å². The highest BCUT2D eigenvalue weighted by molar-refractivity contribution is 8.16. The van der Waals surface area contributed by atoms with Crippen LogP contribution in [0.3, 0.4) is 0 Å². The van der Waals surface area contributed by atoms with Gasteiger partial charge in [0.25, 0.3) is 0 Å². The smallest absolute Gasteiger partial charge is 0.153 e. The standard InChI is InChI=1S/C21H27N3S/c1-8-23-21(22-7)20-11-9-16(4)19(13-20)12-10-17(5)24-18(6)25-14-15(2)3/h8-14H,5H2,1-4,6-7H3/b12-10-,22-21-,23-8-,24-18-. The molecule has 0 bridgehead atoms. The van der Waals surface area contributed by atoms with Crippen LogP contribution >= 0.6 is 11.8 Å². The van der Waals surface area contributed by atoms with Crippen LogP contribution in [0.1, 0.15) is 44.4 Å². The molecule has 0 spiro atoms. The number of aliphatic imine (C=N–C) groups is 3. The van der Waals surface area contributed by atoms with Crippen LogP contribution in [0.5, 0.6) is 0 Å². The van der Waals surface area contributed by atoms with Gasteiger partial charge in [-0.2, -0.15) is 0 Å². The molecule has 1 aromatic carbocycles. The fourth-order valence-corrected chi connectivity index (χ4v) is 2.57. The number of allylic oxidation sites excluding steroid dienone is 2. The third-order valence-corrected chi connectivity index (χ3v) is 4.24. The summed E-state index contributed by atoms with van der Waals surface area (Å²) in [6, 6.07) is 6.20. The third-order valence-electron chi connectivity index (χ3n) is 3.22. The van der Waals surface area contributed by atoms with E-state index in [1.54, 1.807) is 25.0 Å². The first kappa shape index (κ1) is 20.8. The Bertz CT molecular complexity index is 761. The zero-order valence-electron chi connectivity index (χ0n) is 16.0. The second-order valence-corrected chi connectivity index (χ2v) is 6.84. The molecule has 0 heterocycles. The summed E-state index contributed by atoms with van der Waals surface area (Å²) < 4.78 is 0. The van der Waals surface area contributed by atoms with E-state index < -0.39 is 0 Å². The van der Waals surface area contributed by atoms with Gasteiger partial charge in [-0.3, -0.25) is 4.99 Å². The molecule has 0 amide bonds. The first-order valence-electron chi connectivity index (χ1n) is 8.16. The Balaban J connectivity index is 2.98. The average molecular weight is 354 g/mol. The zero-order valence-corrected chi connectivity index (χ0v) is 16.8. The zero-order chi connectivity index (χ0) is 18.8. The first-order valence-corrected chi connectivity index (χ1v) is 9.04. The molecule has 0 radical (unpaired) electrons. The van der Waals surface area contributed by atoms with Crippen molar-refractivity contribution in [3.05, 3.63) is 64.2 Å². The van der Waals surface area contributed by atoms with Gasteiger partial charge >= 0.3 is 0 Å². The van der Waals surface area contributed by atoms with Gasteiger partial charge in [0, 0.05) is 18.8 Å². The van der Waals surface area contributed by atoms with Crippen LogP contribution in [0.25, 0.3) is 6.08 Å². The minimum absolute atomic E-state index is 0.725. The Kier molecular flexibility index (Phi) is 8.86. The molecule has 132 valence electrons. The van der Waals surface area contributed by atoms with Crippen LogP contribution in [0, 0.1) is 6.92 Å². The van der Waals surface area contributed by atoms with E-state index in [9.17, 15) is 0 Å². The highest BCUT2D eigenvalue weighted by Gasteiger charge is 2.03. The lowest BCUT2D eigenvalue weighted by atomic mass is 10.0. The van der Waals surface area contributed by atoms with Crippen molar-refractivity contribution in [2.24, 2.45) is 15.0 Å². The molecule has 1 aromatic rings. The van der Waals surface area contributed by atoms with Gasteiger partial charge in [-0.15, -0.1) is 0 Å². The highest BCUT2D eigenvalue weighted by atomic mass is 32.2. The van der Waals surface area contributed by atoms with Crippen LogP contribution in [0.15, 0.2) is 62.5 Å². The van der Waals surface area contributed by atoms with E-state index in [1.165, 1.54) is 11.1 Å². The minimum atomic E-state index is 0.725. The summed E-state index contributed by atoms with van der Waals surface area (Å²) in [6.07, 6.45) is 5.72. The Morgan fingerprint density at radius 1 is 1.20 bits per heavy atom. The maximum absolute atomic E-state index is 4.50. The summed E-state index contributed by atoms with van der Waals surface area (Å²) in [4.78, 5) is 13.0. The number of rotatable bonds is 5. The molecule has 0 atom stereocenters. The van der Waals surface area contributed by atoms with Crippen molar-refractivity contribution in [1.29, 1.82) is 0 Å².